The van der Waals surface area contributed by atoms with Gasteiger partial charge < -0.3 is 15.4 Å². The summed E-state index contributed by atoms with van der Waals surface area (Å²) in [4.78, 5) is 24.7. The monoisotopic (exact) mass is 434 g/mol. The van der Waals surface area contributed by atoms with Crippen molar-refractivity contribution in [1.82, 2.24) is 5.32 Å². The van der Waals surface area contributed by atoms with E-state index in [-0.39, 0.29) is 17.7 Å². The maximum Gasteiger partial charge on any atom is 0.255 e. The lowest BCUT2D eigenvalue weighted by molar-refractivity contribution is -0.117. The van der Waals surface area contributed by atoms with Crippen LogP contribution in [0.1, 0.15) is 34.3 Å². The van der Waals surface area contributed by atoms with Crippen LogP contribution in [0.2, 0.25) is 5.02 Å². The second-order valence-corrected chi connectivity index (χ2v) is 7.99. The molecular weight excluding hydrogens is 412 g/mol. The van der Waals surface area contributed by atoms with Gasteiger partial charge in [-0.1, -0.05) is 48.0 Å². The van der Waals surface area contributed by atoms with Gasteiger partial charge in [0.15, 0.2) is 0 Å². The molecule has 1 saturated carbocycles. The fraction of sp³-hybridized carbons (Fsp3) is 0.200. The molecule has 0 radical (unpaired) electrons. The highest BCUT2D eigenvalue weighted by Crippen LogP contribution is 2.30. The molecule has 0 heterocycles. The van der Waals surface area contributed by atoms with E-state index in [4.69, 9.17) is 16.3 Å². The zero-order valence-corrected chi connectivity index (χ0v) is 17.7. The first-order valence-corrected chi connectivity index (χ1v) is 10.6. The minimum atomic E-state index is -0.223. The Kier molecular flexibility index (Phi) is 6.53. The summed E-state index contributed by atoms with van der Waals surface area (Å²) in [5, 5.41) is 6.52. The second-order valence-electron chi connectivity index (χ2n) is 7.56. The van der Waals surface area contributed by atoms with Gasteiger partial charge in [0.05, 0.1) is 5.56 Å². The molecule has 3 aromatic rings. The van der Waals surface area contributed by atoms with Gasteiger partial charge in [0, 0.05) is 23.2 Å². The van der Waals surface area contributed by atoms with Crippen LogP contribution in [0.3, 0.4) is 0 Å². The molecule has 0 atom stereocenters. The molecule has 0 unspecified atom stereocenters. The number of rotatable bonds is 8. The quantitative estimate of drug-likeness (QED) is 0.512. The third kappa shape index (κ3) is 5.86. The average molecular weight is 435 g/mol. The van der Waals surface area contributed by atoms with Crippen molar-refractivity contribution in [2.75, 3.05) is 5.32 Å². The molecule has 0 aromatic heterocycles. The number of amides is 2. The number of hydrogen-bond donors (Lipinski definition) is 2. The standard InChI is InChI=1S/C25H23ClN2O3/c26-20-12-8-17(9-13-20)16-31-23-7-2-1-6-22(23)25(30)27-15-18-4-3-5-21(14-18)28-24(29)19-10-11-19/h1-9,12-14,19H,10-11,15-16H2,(H,27,30)(H,28,29). The summed E-state index contributed by atoms with van der Waals surface area (Å²) in [6, 6.07) is 22.0. The van der Waals surface area contributed by atoms with Crippen molar-refractivity contribution in [2.45, 2.75) is 26.0 Å². The first kappa shape index (κ1) is 20.9. The van der Waals surface area contributed by atoms with Crippen LogP contribution >= 0.6 is 11.6 Å². The Morgan fingerprint density at radius 2 is 1.71 bits per heavy atom. The summed E-state index contributed by atoms with van der Waals surface area (Å²) in [6.45, 7) is 0.682. The topological polar surface area (TPSA) is 67.4 Å². The van der Waals surface area contributed by atoms with E-state index < -0.39 is 0 Å². The largest absolute Gasteiger partial charge is 0.488 e. The van der Waals surface area contributed by atoms with Crippen LogP contribution < -0.4 is 15.4 Å². The number of carbonyl (C=O) groups excluding carboxylic acids is 2. The van der Waals surface area contributed by atoms with Crippen molar-refractivity contribution in [3.05, 3.63) is 94.5 Å². The van der Waals surface area contributed by atoms with Crippen LogP contribution in [0.4, 0.5) is 5.69 Å². The predicted octanol–water partition coefficient (Wildman–Crippen LogP) is 5.20. The molecule has 0 saturated heterocycles. The molecule has 31 heavy (non-hydrogen) atoms. The molecule has 4 rings (SSSR count). The SMILES string of the molecule is O=C(NCc1cccc(NC(=O)C2CC2)c1)c1ccccc1OCc1ccc(Cl)cc1. The van der Waals surface area contributed by atoms with Crippen molar-refractivity contribution in [3.63, 3.8) is 0 Å². The first-order valence-electron chi connectivity index (χ1n) is 10.2. The van der Waals surface area contributed by atoms with Crippen LogP contribution in [0.5, 0.6) is 5.75 Å². The Morgan fingerprint density at radius 1 is 0.935 bits per heavy atom. The van der Waals surface area contributed by atoms with Gasteiger partial charge in [-0.25, -0.2) is 0 Å². The zero-order chi connectivity index (χ0) is 21.6. The Morgan fingerprint density at radius 3 is 2.48 bits per heavy atom. The molecule has 0 aliphatic heterocycles. The predicted molar refractivity (Wildman–Crippen MR) is 121 cm³/mol. The zero-order valence-electron chi connectivity index (χ0n) is 16.9. The Hall–Kier alpha value is -3.31. The third-order valence-electron chi connectivity index (χ3n) is 5.04. The molecular formula is C25H23ClN2O3. The number of ether oxygens (including phenoxy) is 1. The highest BCUT2D eigenvalue weighted by atomic mass is 35.5. The molecule has 2 N–H and O–H groups in total. The van der Waals surface area contributed by atoms with Crippen molar-refractivity contribution >= 4 is 29.1 Å². The van der Waals surface area contributed by atoms with E-state index in [0.717, 1.165) is 29.7 Å². The van der Waals surface area contributed by atoms with Crippen molar-refractivity contribution in [1.29, 1.82) is 0 Å². The van der Waals surface area contributed by atoms with Crippen molar-refractivity contribution in [3.8, 4) is 5.75 Å². The van der Waals surface area contributed by atoms with E-state index in [1.54, 1.807) is 30.3 Å². The Balaban J connectivity index is 1.36. The number of nitrogens with one attached hydrogen (secondary N) is 2. The van der Waals surface area contributed by atoms with Crippen molar-refractivity contribution in [2.24, 2.45) is 5.92 Å². The Bertz CT molecular complexity index is 1080. The lowest BCUT2D eigenvalue weighted by atomic mass is 10.1. The summed E-state index contributed by atoms with van der Waals surface area (Å²) in [5.74, 6) is 0.500. The average Bonchev–Trinajstić information content (AvgIpc) is 3.63. The van der Waals surface area contributed by atoms with Gasteiger partial charge >= 0.3 is 0 Å². The molecule has 1 fully saturated rings. The summed E-state index contributed by atoms with van der Waals surface area (Å²) in [6.07, 6.45) is 1.92. The number of carbonyl (C=O) groups is 2. The lowest BCUT2D eigenvalue weighted by Crippen LogP contribution is -2.23. The fourth-order valence-corrected chi connectivity index (χ4v) is 3.27. The highest BCUT2D eigenvalue weighted by molar-refractivity contribution is 6.30. The smallest absolute Gasteiger partial charge is 0.255 e. The van der Waals surface area contributed by atoms with E-state index in [0.29, 0.717) is 29.5 Å². The third-order valence-corrected chi connectivity index (χ3v) is 5.29. The van der Waals surface area contributed by atoms with Gasteiger partial charge in [0.25, 0.3) is 5.91 Å². The van der Waals surface area contributed by atoms with Crippen LogP contribution in [0.15, 0.2) is 72.8 Å². The molecule has 1 aliphatic carbocycles. The van der Waals surface area contributed by atoms with Gasteiger partial charge in [-0.15, -0.1) is 0 Å². The molecule has 2 amide bonds. The number of anilines is 1. The maximum atomic E-state index is 12.8. The van der Waals surface area contributed by atoms with Crippen molar-refractivity contribution < 1.29 is 14.3 Å². The number of benzene rings is 3. The van der Waals surface area contributed by atoms with Crippen LogP contribution in [-0.2, 0) is 17.9 Å². The molecule has 158 valence electrons. The lowest BCUT2D eigenvalue weighted by Gasteiger charge is -2.12. The van der Waals surface area contributed by atoms with Gasteiger partial charge in [-0.05, 0) is 60.4 Å². The molecule has 0 bridgehead atoms. The summed E-state index contributed by atoms with van der Waals surface area (Å²) < 4.78 is 5.88. The van der Waals surface area contributed by atoms with Crippen LogP contribution in [0.25, 0.3) is 0 Å². The summed E-state index contributed by atoms with van der Waals surface area (Å²) >= 11 is 5.92. The molecule has 3 aromatic carbocycles. The van der Waals surface area contributed by atoms with E-state index >= 15 is 0 Å². The van der Waals surface area contributed by atoms with E-state index in [2.05, 4.69) is 10.6 Å². The molecule has 6 heteroatoms. The number of hydrogen-bond acceptors (Lipinski definition) is 3. The minimum Gasteiger partial charge on any atom is -0.488 e. The Labute approximate surface area is 186 Å². The van der Waals surface area contributed by atoms with E-state index in [1.165, 1.54) is 0 Å². The summed E-state index contributed by atoms with van der Waals surface area (Å²) in [7, 11) is 0. The molecule has 1 aliphatic rings. The normalized spacial score (nSPS) is 12.8. The second kappa shape index (κ2) is 9.67. The van der Waals surface area contributed by atoms with Gasteiger partial charge in [-0.2, -0.15) is 0 Å². The fourth-order valence-electron chi connectivity index (χ4n) is 3.15. The number of halogens is 1. The maximum absolute atomic E-state index is 12.8. The van der Waals surface area contributed by atoms with Crippen LogP contribution in [-0.4, -0.2) is 11.8 Å². The van der Waals surface area contributed by atoms with Gasteiger partial charge in [0.2, 0.25) is 5.91 Å². The number of para-hydroxylation sites is 1. The minimum absolute atomic E-state index is 0.0629. The van der Waals surface area contributed by atoms with Gasteiger partial charge in [0.1, 0.15) is 12.4 Å². The van der Waals surface area contributed by atoms with Crippen LogP contribution in [0, 0.1) is 5.92 Å². The van der Waals surface area contributed by atoms with E-state index in [1.807, 2.05) is 42.5 Å². The van der Waals surface area contributed by atoms with Gasteiger partial charge in [-0.3, -0.25) is 9.59 Å². The highest BCUT2D eigenvalue weighted by Gasteiger charge is 2.29. The molecule has 5 nitrogen and oxygen atoms in total. The first-order chi connectivity index (χ1) is 15.1. The van der Waals surface area contributed by atoms with E-state index in [9.17, 15) is 9.59 Å². The molecule has 0 spiro atoms. The summed E-state index contributed by atoms with van der Waals surface area (Å²) in [5.41, 5.74) is 3.08.